The summed E-state index contributed by atoms with van der Waals surface area (Å²) in [5.74, 6) is -1.35. The molecule has 0 saturated heterocycles. The highest BCUT2D eigenvalue weighted by molar-refractivity contribution is 5.95. The maximum absolute atomic E-state index is 12.4. The number of hydrogen-bond acceptors (Lipinski definition) is 5. The van der Waals surface area contributed by atoms with Crippen molar-refractivity contribution in [2.24, 2.45) is 0 Å². The number of anilines is 1. The lowest BCUT2D eigenvalue weighted by Crippen LogP contribution is -2.38. The Bertz CT molecular complexity index is 1070. The van der Waals surface area contributed by atoms with Gasteiger partial charge in [0, 0.05) is 18.3 Å². The fourth-order valence-corrected chi connectivity index (χ4v) is 2.85. The quantitative estimate of drug-likeness (QED) is 0.691. The van der Waals surface area contributed by atoms with Crippen LogP contribution < -0.4 is 11.1 Å². The van der Waals surface area contributed by atoms with E-state index in [-0.39, 0.29) is 24.9 Å². The van der Waals surface area contributed by atoms with Crippen LogP contribution in [0.5, 0.6) is 0 Å². The molecule has 0 aliphatic rings. The van der Waals surface area contributed by atoms with E-state index in [1.807, 2.05) is 38.1 Å². The zero-order chi connectivity index (χ0) is 21.0. The van der Waals surface area contributed by atoms with Crippen LogP contribution in [0, 0.1) is 13.8 Å². The fourth-order valence-electron chi connectivity index (χ4n) is 2.85. The molecular formula is C21H22N4O4. The molecule has 1 N–H and O–H groups in total. The number of para-hydroxylation sites is 1. The van der Waals surface area contributed by atoms with E-state index in [0.717, 1.165) is 21.5 Å². The second kappa shape index (κ2) is 8.55. The van der Waals surface area contributed by atoms with Gasteiger partial charge < -0.3 is 14.6 Å². The Morgan fingerprint density at radius 3 is 2.38 bits per heavy atom. The van der Waals surface area contributed by atoms with Crippen LogP contribution in [0.4, 0.5) is 5.69 Å². The maximum Gasteiger partial charge on any atom is 0.437 e. The second-order valence-electron chi connectivity index (χ2n) is 6.76. The minimum atomic E-state index is -0.731. The molecule has 3 rings (SSSR count). The van der Waals surface area contributed by atoms with Gasteiger partial charge in [-0.1, -0.05) is 36.4 Å². The third-order valence-electron chi connectivity index (χ3n) is 4.46. The number of aromatic nitrogens is 2. The van der Waals surface area contributed by atoms with E-state index >= 15 is 0 Å². The molecule has 1 heterocycles. The third-order valence-corrected chi connectivity index (χ3v) is 4.46. The molecule has 0 radical (unpaired) electrons. The average Bonchev–Trinajstić information content (AvgIpc) is 3.06. The van der Waals surface area contributed by atoms with E-state index in [2.05, 4.69) is 10.4 Å². The number of rotatable bonds is 6. The van der Waals surface area contributed by atoms with Gasteiger partial charge in [0.2, 0.25) is 17.7 Å². The van der Waals surface area contributed by atoms with Crippen molar-refractivity contribution in [2.45, 2.75) is 20.4 Å². The molecule has 2 aromatic carbocycles. The van der Waals surface area contributed by atoms with Crippen molar-refractivity contribution in [1.82, 2.24) is 14.7 Å². The molecule has 0 fully saturated rings. The molecule has 0 aliphatic heterocycles. The number of aryl methyl sites for hydroxylation is 2. The number of hydrogen-bond donors (Lipinski definition) is 1. The summed E-state index contributed by atoms with van der Waals surface area (Å²) in [4.78, 5) is 38.0. The molecule has 150 valence electrons. The lowest BCUT2D eigenvalue weighted by atomic mass is 10.1. The maximum atomic E-state index is 12.4. The Morgan fingerprint density at radius 2 is 1.72 bits per heavy atom. The van der Waals surface area contributed by atoms with Crippen LogP contribution in [0.25, 0.3) is 11.5 Å². The van der Waals surface area contributed by atoms with Crippen molar-refractivity contribution in [1.29, 1.82) is 0 Å². The first-order valence-electron chi connectivity index (χ1n) is 9.08. The summed E-state index contributed by atoms with van der Waals surface area (Å²) >= 11 is 0. The van der Waals surface area contributed by atoms with Gasteiger partial charge in [0.25, 0.3) is 0 Å². The lowest BCUT2D eigenvalue weighted by molar-refractivity contribution is -0.134. The van der Waals surface area contributed by atoms with E-state index in [9.17, 15) is 14.4 Å². The first-order chi connectivity index (χ1) is 13.8. The second-order valence-corrected chi connectivity index (χ2v) is 6.76. The zero-order valence-electron chi connectivity index (χ0n) is 16.5. The topological polar surface area (TPSA) is 97.4 Å². The number of nitrogens with zero attached hydrogens (tertiary/aromatic N) is 3. The Balaban J connectivity index is 1.63. The molecule has 0 saturated carbocycles. The first-order valence-corrected chi connectivity index (χ1v) is 9.08. The number of amides is 2. The van der Waals surface area contributed by atoms with Gasteiger partial charge in [-0.05, 0) is 37.1 Å². The molecule has 0 atom stereocenters. The van der Waals surface area contributed by atoms with Crippen molar-refractivity contribution in [3.8, 4) is 11.5 Å². The molecule has 1 aromatic heterocycles. The summed E-state index contributed by atoms with van der Waals surface area (Å²) in [7, 11) is 1.50. The molecule has 0 aliphatic carbocycles. The Morgan fingerprint density at radius 1 is 1.07 bits per heavy atom. The molecule has 3 aromatic rings. The summed E-state index contributed by atoms with van der Waals surface area (Å²) in [6, 6.07) is 14.6. The Kier molecular flexibility index (Phi) is 5.92. The van der Waals surface area contributed by atoms with Crippen LogP contribution in [-0.2, 0) is 16.1 Å². The highest BCUT2D eigenvalue weighted by atomic mass is 16.4. The molecule has 8 heteroatoms. The zero-order valence-corrected chi connectivity index (χ0v) is 16.5. The van der Waals surface area contributed by atoms with E-state index in [1.165, 1.54) is 11.9 Å². The van der Waals surface area contributed by atoms with E-state index in [0.29, 0.717) is 5.56 Å². The molecular weight excluding hydrogens is 372 g/mol. The molecule has 29 heavy (non-hydrogen) atoms. The average molecular weight is 394 g/mol. The van der Waals surface area contributed by atoms with Crippen LogP contribution in [0.3, 0.4) is 0 Å². The third kappa shape index (κ3) is 4.78. The van der Waals surface area contributed by atoms with Gasteiger partial charge >= 0.3 is 5.76 Å². The Hall–Kier alpha value is -3.68. The predicted octanol–water partition coefficient (Wildman–Crippen LogP) is 2.22. The van der Waals surface area contributed by atoms with Crippen molar-refractivity contribution in [3.63, 3.8) is 0 Å². The van der Waals surface area contributed by atoms with Crippen LogP contribution in [0.2, 0.25) is 0 Å². The molecule has 0 spiro atoms. The number of carbonyl (C=O) groups is 2. The molecule has 2 amide bonds. The summed E-state index contributed by atoms with van der Waals surface area (Å²) in [6.07, 6.45) is 0. The summed E-state index contributed by atoms with van der Waals surface area (Å²) in [5.41, 5.74) is 3.25. The van der Waals surface area contributed by atoms with E-state index in [1.54, 1.807) is 24.3 Å². The minimum absolute atomic E-state index is 0.138. The van der Waals surface area contributed by atoms with E-state index in [4.69, 9.17) is 4.42 Å². The summed E-state index contributed by atoms with van der Waals surface area (Å²) < 4.78 is 6.06. The molecule has 0 bridgehead atoms. The number of carbonyl (C=O) groups excluding carboxylic acids is 2. The largest absolute Gasteiger partial charge is 0.437 e. The minimum Gasteiger partial charge on any atom is -0.388 e. The van der Waals surface area contributed by atoms with Crippen LogP contribution >= 0.6 is 0 Å². The molecule has 8 nitrogen and oxygen atoms in total. The van der Waals surface area contributed by atoms with Crippen LogP contribution in [0.1, 0.15) is 11.1 Å². The lowest BCUT2D eigenvalue weighted by Gasteiger charge is -2.17. The fraction of sp³-hybridized carbons (Fsp3) is 0.238. The highest BCUT2D eigenvalue weighted by Gasteiger charge is 2.18. The van der Waals surface area contributed by atoms with Crippen molar-refractivity contribution >= 4 is 17.5 Å². The normalized spacial score (nSPS) is 10.6. The molecule has 0 unspecified atom stereocenters. The van der Waals surface area contributed by atoms with E-state index < -0.39 is 11.7 Å². The van der Waals surface area contributed by atoms with Crippen molar-refractivity contribution < 1.29 is 14.0 Å². The number of likely N-dealkylation sites (N-methyl/N-ethyl adjacent to an activating group) is 1. The monoisotopic (exact) mass is 394 g/mol. The van der Waals surface area contributed by atoms with Gasteiger partial charge in [-0.3, -0.25) is 9.59 Å². The van der Waals surface area contributed by atoms with Gasteiger partial charge in [0.1, 0.15) is 6.54 Å². The number of benzene rings is 2. The van der Waals surface area contributed by atoms with Crippen LogP contribution in [-0.4, -0.2) is 40.1 Å². The van der Waals surface area contributed by atoms with Crippen molar-refractivity contribution in [3.05, 3.63) is 70.2 Å². The van der Waals surface area contributed by atoms with Gasteiger partial charge in [-0.25, -0.2) is 4.79 Å². The Labute approximate surface area is 167 Å². The van der Waals surface area contributed by atoms with Gasteiger partial charge in [-0.15, -0.1) is 5.10 Å². The van der Waals surface area contributed by atoms with Gasteiger partial charge in [0.15, 0.2) is 0 Å². The van der Waals surface area contributed by atoms with Gasteiger partial charge in [0.05, 0.1) is 6.54 Å². The summed E-state index contributed by atoms with van der Waals surface area (Å²) in [6.45, 7) is 3.34. The van der Waals surface area contributed by atoms with Gasteiger partial charge in [-0.2, -0.15) is 4.68 Å². The predicted molar refractivity (Wildman–Crippen MR) is 108 cm³/mol. The number of nitrogens with one attached hydrogen (secondary N) is 1. The van der Waals surface area contributed by atoms with Crippen molar-refractivity contribution in [2.75, 3.05) is 18.9 Å². The smallest absolute Gasteiger partial charge is 0.388 e. The first kappa shape index (κ1) is 20.1. The standard InChI is InChI=1S/C21H22N4O4/c1-14-8-7-9-15(2)19(14)22-17(26)12-24(3)18(27)13-25-21(28)29-20(23-25)16-10-5-4-6-11-16/h4-11H,12-13H2,1-3H3,(H,22,26). The van der Waals surface area contributed by atoms with Crippen LogP contribution in [0.15, 0.2) is 57.7 Å². The SMILES string of the molecule is Cc1cccc(C)c1NC(=O)CN(C)C(=O)Cn1nc(-c2ccccc2)oc1=O. The highest BCUT2D eigenvalue weighted by Crippen LogP contribution is 2.19. The summed E-state index contributed by atoms with van der Waals surface area (Å²) in [5, 5.41) is 6.89.